The van der Waals surface area contributed by atoms with Gasteiger partial charge in [-0.05, 0) is 18.4 Å². The van der Waals surface area contributed by atoms with Gasteiger partial charge in [-0.1, -0.05) is 37.3 Å². The molecule has 0 aliphatic carbocycles. The number of aliphatic hydroxyl groups excluding tert-OH is 1. The van der Waals surface area contributed by atoms with Crippen LogP contribution in [0.15, 0.2) is 36.7 Å². The summed E-state index contributed by atoms with van der Waals surface area (Å²) in [6.07, 6.45) is 2.35. The summed E-state index contributed by atoms with van der Waals surface area (Å²) < 4.78 is 14.1. The van der Waals surface area contributed by atoms with Gasteiger partial charge in [-0.3, -0.25) is 0 Å². The molecule has 1 aromatic heterocycles. The highest BCUT2D eigenvalue weighted by Crippen LogP contribution is 2.23. The van der Waals surface area contributed by atoms with Gasteiger partial charge >= 0.3 is 0 Å². The van der Waals surface area contributed by atoms with Gasteiger partial charge in [0, 0.05) is 6.61 Å². The number of aryl methyl sites for hydroxylation is 1. The number of hydrogen-bond acceptors (Lipinski definition) is 4. The van der Waals surface area contributed by atoms with Crippen molar-refractivity contribution in [2.45, 2.75) is 25.8 Å². The first-order valence-corrected chi connectivity index (χ1v) is 6.68. The van der Waals surface area contributed by atoms with E-state index in [1.165, 1.54) is 6.33 Å². The Morgan fingerprint density at radius 3 is 2.65 bits per heavy atom. The normalized spacial score (nSPS) is 12.2. The summed E-state index contributed by atoms with van der Waals surface area (Å²) in [5.41, 5.74) is 1.37. The molecule has 0 aliphatic rings. The molecule has 1 heterocycles. The van der Waals surface area contributed by atoms with Gasteiger partial charge in [0.15, 0.2) is 11.6 Å². The SMILES string of the molecule is CCc1ncnc(N[C@@H](CCO)c2ccccc2)c1F. The van der Waals surface area contributed by atoms with E-state index < -0.39 is 5.82 Å². The molecular formula is C15H18FN3O. The smallest absolute Gasteiger partial charge is 0.186 e. The maximum atomic E-state index is 14.1. The van der Waals surface area contributed by atoms with Crippen LogP contribution in [0.3, 0.4) is 0 Å². The predicted molar refractivity (Wildman–Crippen MR) is 75.9 cm³/mol. The molecule has 0 unspecified atom stereocenters. The highest BCUT2D eigenvalue weighted by atomic mass is 19.1. The standard InChI is InChI=1S/C15H18FN3O/c1-2-12-14(16)15(18-10-17-12)19-13(8-9-20)11-6-4-3-5-7-11/h3-7,10,13,20H,2,8-9H2,1H3,(H,17,18,19)/t13-/m0/s1. The molecule has 0 saturated carbocycles. The molecule has 20 heavy (non-hydrogen) atoms. The second kappa shape index (κ2) is 6.96. The lowest BCUT2D eigenvalue weighted by Gasteiger charge is -2.19. The third-order valence-corrected chi connectivity index (χ3v) is 3.13. The van der Waals surface area contributed by atoms with Crippen LogP contribution >= 0.6 is 0 Å². The number of aromatic nitrogens is 2. The van der Waals surface area contributed by atoms with E-state index in [0.717, 1.165) is 5.56 Å². The number of halogens is 1. The van der Waals surface area contributed by atoms with E-state index in [2.05, 4.69) is 15.3 Å². The topological polar surface area (TPSA) is 58.0 Å². The molecule has 5 heteroatoms. The third-order valence-electron chi connectivity index (χ3n) is 3.13. The first kappa shape index (κ1) is 14.4. The van der Waals surface area contributed by atoms with E-state index in [4.69, 9.17) is 0 Å². The zero-order chi connectivity index (χ0) is 14.4. The van der Waals surface area contributed by atoms with Crippen molar-refractivity contribution in [1.29, 1.82) is 0 Å². The van der Waals surface area contributed by atoms with Crippen molar-refractivity contribution in [1.82, 2.24) is 9.97 Å². The Morgan fingerprint density at radius 2 is 2.00 bits per heavy atom. The van der Waals surface area contributed by atoms with Gasteiger partial charge in [-0.25, -0.2) is 14.4 Å². The van der Waals surface area contributed by atoms with E-state index in [-0.39, 0.29) is 18.5 Å². The van der Waals surface area contributed by atoms with Gasteiger partial charge in [-0.2, -0.15) is 0 Å². The van der Waals surface area contributed by atoms with Crippen LogP contribution in [0.5, 0.6) is 0 Å². The average molecular weight is 275 g/mol. The van der Waals surface area contributed by atoms with E-state index in [1.807, 2.05) is 37.3 Å². The fourth-order valence-corrected chi connectivity index (χ4v) is 2.06. The van der Waals surface area contributed by atoms with E-state index in [9.17, 15) is 9.50 Å². The quantitative estimate of drug-likeness (QED) is 0.851. The molecule has 0 fully saturated rings. The van der Waals surface area contributed by atoms with Gasteiger partial charge in [0.1, 0.15) is 6.33 Å². The highest BCUT2D eigenvalue weighted by Gasteiger charge is 2.15. The molecule has 0 aliphatic heterocycles. The van der Waals surface area contributed by atoms with Crippen LogP contribution in [-0.4, -0.2) is 21.7 Å². The zero-order valence-corrected chi connectivity index (χ0v) is 11.4. The first-order chi connectivity index (χ1) is 9.76. The number of aliphatic hydroxyl groups is 1. The Kier molecular flexibility index (Phi) is 5.01. The minimum absolute atomic E-state index is 0.0138. The average Bonchev–Trinajstić information content (AvgIpc) is 2.49. The predicted octanol–water partition coefficient (Wildman–Crippen LogP) is 2.71. The lowest BCUT2D eigenvalue weighted by atomic mass is 10.0. The Labute approximate surface area is 117 Å². The minimum Gasteiger partial charge on any atom is -0.396 e. The molecule has 0 amide bonds. The summed E-state index contributed by atoms with van der Waals surface area (Å²) in [6, 6.07) is 9.43. The molecule has 106 valence electrons. The fraction of sp³-hybridized carbons (Fsp3) is 0.333. The van der Waals surface area contributed by atoms with Crippen LogP contribution in [-0.2, 0) is 6.42 Å². The van der Waals surface area contributed by atoms with Crippen LogP contribution in [0.2, 0.25) is 0 Å². The van der Waals surface area contributed by atoms with Crippen LogP contribution in [0.25, 0.3) is 0 Å². The van der Waals surface area contributed by atoms with E-state index in [0.29, 0.717) is 18.5 Å². The van der Waals surface area contributed by atoms with Crippen LogP contribution in [0.4, 0.5) is 10.2 Å². The molecule has 2 rings (SSSR count). The van der Waals surface area contributed by atoms with Crippen molar-refractivity contribution < 1.29 is 9.50 Å². The molecule has 1 aromatic carbocycles. The Bertz CT molecular complexity index is 548. The molecule has 1 atom stereocenters. The molecule has 0 saturated heterocycles. The lowest BCUT2D eigenvalue weighted by molar-refractivity contribution is 0.279. The van der Waals surface area contributed by atoms with Crippen molar-refractivity contribution in [2.75, 3.05) is 11.9 Å². The van der Waals surface area contributed by atoms with Crippen molar-refractivity contribution >= 4 is 5.82 Å². The van der Waals surface area contributed by atoms with Gasteiger partial charge < -0.3 is 10.4 Å². The van der Waals surface area contributed by atoms with Crippen LogP contribution < -0.4 is 5.32 Å². The van der Waals surface area contributed by atoms with Gasteiger partial charge in [0.05, 0.1) is 11.7 Å². The molecular weight excluding hydrogens is 257 g/mol. The number of hydrogen-bond donors (Lipinski definition) is 2. The van der Waals surface area contributed by atoms with Crippen LogP contribution in [0, 0.1) is 5.82 Å². The van der Waals surface area contributed by atoms with E-state index in [1.54, 1.807) is 0 Å². The van der Waals surface area contributed by atoms with E-state index >= 15 is 0 Å². The summed E-state index contributed by atoms with van der Waals surface area (Å²) in [6.45, 7) is 1.86. The molecule has 2 aromatic rings. The van der Waals surface area contributed by atoms with Crippen molar-refractivity contribution in [2.24, 2.45) is 0 Å². The Hall–Kier alpha value is -2.01. The molecule has 4 nitrogen and oxygen atoms in total. The summed E-state index contributed by atoms with van der Waals surface area (Å²) in [4.78, 5) is 7.86. The second-order valence-electron chi connectivity index (χ2n) is 4.46. The summed E-state index contributed by atoms with van der Waals surface area (Å²) in [7, 11) is 0. The zero-order valence-electron chi connectivity index (χ0n) is 11.4. The van der Waals surface area contributed by atoms with Crippen molar-refractivity contribution in [3.8, 4) is 0 Å². The molecule has 0 bridgehead atoms. The maximum absolute atomic E-state index is 14.1. The van der Waals surface area contributed by atoms with Crippen molar-refractivity contribution in [3.05, 3.63) is 53.7 Å². The monoisotopic (exact) mass is 275 g/mol. The summed E-state index contributed by atoms with van der Waals surface area (Å²) in [5.74, 6) is -0.243. The summed E-state index contributed by atoms with van der Waals surface area (Å²) in [5, 5.41) is 12.2. The minimum atomic E-state index is -0.422. The Morgan fingerprint density at radius 1 is 1.25 bits per heavy atom. The van der Waals surface area contributed by atoms with Gasteiger partial charge in [-0.15, -0.1) is 0 Å². The van der Waals surface area contributed by atoms with Crippen LogP contribution in [0.1, 0.15) is 30.6 Å². The third kappa shape index (κ3) is 3.30. The highest BCUT2D eigenvalue weighted by molar-refractivity contribution is 5.40. The largest absolute Gasteiger partial charge is 0.396 e. The maximum Gasteiger partial charge on any atom is 0.186 e. The van der Waals surface area contributed by atoms with Gasteiger partial charge in [0.2, 0.25) is 0 Å². The number of benzene rings is 1. The fourth-order valence-electron chi connectivity index (χ4n) is 2.06. The molecule has 2 N–H and O–H groups in total. The second-order valence-corrected chi connectivity index (χ2v) is 4.46. The van der Waals surface area contributed by atoms with Crippen molar-refractivity contribution in [3.63, 3.8) is 0 Å². The number of nitrogens with zero attached hydrogens (tertiary/aromatic N) is 2. The number of rotatable bonds is 6. The Balaban J connectivity index is 2.25. The lowest BCUT2D eigenvalue weighted by Crippen LogP contribution is -2.15. The van der Waals surface area contributed by atoms with Gasteiger partial charge in [0.25, 0.3) is 0 Å². The molecule has 0 spiro atoms. The summed E-state index contributed by atoms with van der Waals surface area (Å²) >= 11 is 0. The number of nitrogens with one attached hydrogen (secondary N) is 1. The number of anilines is 1. The molecule has 0 radical (unpaired) electrons. The first-order valence-electron chi connectivity index (χ1n) is 6.68.